The molecule has 1 unspecified atom stereocenters. The van der Waals surface area contributed by atoms with Crippen LogP contribution in [0.3, 0.4) is 0 Å². The van der Waals surface area contributed by atoms with Gasteiger partial charge in [-0.3, -0.25) is 4.79 Å². The Morgan fingerprint density at radius 3 is 2.43 bits per heavy atom. The Kier molecular flexibility index (Phi) is 5.10. The highest BCUT2D eigenvalue weighted by Crippen LogP contribution is 2.36. The number of rotatable bonds is 5. The van der Waals surface area contributed by atoms with Gasteiger partial charge in [-0.15, -0.1) is 0 Å². The molecule has 5 heteroatoms. The topological polar surface area (TPSA) is 51.2 Å². The van der Waals surface area contributed by atoms with Crippen LogP contribution in [0, 0.1) is 12.8 Å². The van der Waals surface area contributed by atoms with Crippen molar-refractivity contribution in [3.63, 3.8) is 0 Å². The minimum atomic E-state index is -3.24. The average molecular weight is 329 g/mol. The van der Waals surface area contributed by atoms with E-state index in [-0.39, 0.29) is 11.2 Å². The summed E-state index contributed by atoms with van der Waals surface area (Å²) in [7, 11) is -3.24. The third-order valence-electron chi connectivity index (χ3n) is 4.32. The molecule has 116 valence electrons. The molecule has 0 spiro atoms. The van der Waals surface area contributed by atoms with Crippen molar-refractivity contribution in [2.24, 2.45) is 5.92 Å². The SMILES string of the molecule is Cc1cc(C(CC2CCCC2)C(=O)Cl)ccc1S(C)(=O)=O. The first-order valence-corrected chi connectivity index (χ1v) is 9.56. The molecule has 1 aromatic carbocycles. The van der Waals surface area contributed by atoms with Gasteiger partial charge in [0.25, 0.3) is 0 Å². The minimum Gasteiger partial charge on any atom is -0.281 e. The van der Waals surface area contributed by atoms with Gasteiger partial charge in [0, 0.05) is 6.26 Å². The van der Waals surface area contributed by atoms with Gasteiger partial charge < -0.3 is 0 Å². The average Bonchev–Trinajstić information content (AvgIpc) is 2.86. The zero-order chi connectivity index (χ0) is 15.6. The largest absolute Gasteiger partial charge is 0.281 e. The monoisotopic (exact) mass is 328 g/mol. The van der Waals surface area contributed by atoms with Gasteiger partial charge in [-0.2, -0.15) is 0 Å². The minimum absolute atomic E-state index is 0.313. The molecule has 0 heterocycles. The Balaban J connectivity index is 2.28. The van der Waals surface area contributed by atoms with E-state index in [2.05, 4.69) is 0 Å². The van der Waals surface area contributed by atoms with Gasteiger partial charge in [-0.1, -0.05) is 37.8 Å². The van der Waals surface area contributed by atoms with Gasteiger partial charge in [0.05, 0.1) is 10.8 Å². The summed E-state index contributed by atoms with van der Waals surface area (Å²) in [5.41, 5.74) is 1.50. The third kappa shape index (κ3) is 4.07. The van der Waals surface area contributed by atoms with Gasteiger partial charge in [-0.25, -0.2) is 8.42 Å². The van der Waals surface area contributed by atoms with Crippen LogP contribution in [0.2, 0.25) is 0 Å². The highest BCUT2D eigenvalue weighted by atomic mass is 35.5. The third-order valence-corrected chi connectivity index (χ3v) is 5.84. The quantitative estimate of drug-likeness (QED) is 0.772. The van der Waals surface area contributed by atoms with E-state index in [1.807, 2.05) is 0 Å². The number of carbonyl (C=O) groups is 1. The first-order chi connectivity index (χ1) is 9.79. The van der Waals surface area contributed by atoms with Gasteiger partial charge in [0.1, 0.15) is 0 Å². The van der Waals surface area contributed by atoms with Crippen molar-refractivity contribution in [1.82, 2.24) is 0 Å². The van der Waals surface area contributed by atoms with E-state index in [1.54, 1.807) is 25.1 Å². The molecule has 1 aliphatic carbocycles. The van der Waals surface area contributed by atoms with Crippen molar-refractivity contribution in [3.8, 4) is 0 Å². The summed E-state index contributed by atoms with van der Waals surface area (Å²) < 4.78 is 23.3. The second-order valence-electron chi connectivity index (χ2n) is 6.04. The van der Waals surface area contributed by atoms with Crippen LogP contribution in [-0.4, -0.2) is 19.9 Å². The zero-order valence-electron chi connectivity index (χ0n) is 12.4. The summed E-state index contributed by atoms with van der Waals surface area (Å²) in [6, 6.07) is 5.10. The Morgan fingerprint density at radius 2 is 1.95 bits per heavy atom. The zero-order valence-corrected chi connectivity index (χ0v) is 14.0. The van der Waals surface area contributed by atoms with Crippen molar-refractivity contribution in [2.75, 3.05) is 6.26 Å². The van der Waals surface area contributed by atoms with Crippen LogP contribution in [0.4, 0.5) is 0 Å². The summed E-state index contributed by atoms with van der Waals surface area (Å²) in [6.07, 6.45) is 6.71. The summed E-state index contributed by atoms with van der Waals surface area (Å²) in [5, 5.41) is -0.353. The van der Waals surface area contributed by atoms with Gasteiger partial charge >= 0.3 is 0 Å². The molecule has 21 heavy (non-hydrogen) atoms. The Labute approximate surface area is 131 Å². The van der Waals surface area contributed by atoms with E-state index in [0.717, 1.165) is 24.8 Å². The lowest BCUT2D eigenvalue weighted by atomic mass is 9.88. The molecule has 1 atom stereocenters. The molecule has 1 aliphatic rings. The Morgan fingerprint density at radius 1 is 1.33 bits per heavy atom. The molecule has 1 aromatic rings. The fraction of sp³-hybridized carbons (Fsp3) is 0.562. The van der Waals surface area contributed by atoms with Crippen LogP contribution in [0.1, 0.15) is 49.1 Å². The summed E-state index contributed by atoms with van der Waals surface area (Å²) in [5.74, 6) is 0.217. The first-order valence-electron chi connectivity index (χ1n) is 7.29. The van der Waals surface area contributed by atoms with Crippen molar-refractivity contribution in [1.29, 1.82) is 0 Å². The van der Waals surface area contributed by atoms with Crippen molar-refractivity contribution < 1.29 is 13.2 Å². The van der Waals surface area contributed by atoms with E-state index in [9.17, 15) is 13.2 Å². The molecule has 0 radical (unpaired) electrons. The van der Waals surface area contributed by atoms with Crippen molar-refractivity contribution in [2.45, 2.75) is 49.8 Å². The van der Waals surface area contributed by atoms with E-state index < -0.39 is 9.84 Å². The van der Waals surface area contributed by atoms with E-state index in [4.69, 9.17) is 11.6 Å². The summed E-state index contributed by atoms with van der Waals surface area (Å²) >= 11 is 5.78. The molecule has 3 nitrogen and oxygen atoms in total. The predicted molar refractivity (Wildman–Crippen MR) is 84.5 cm³/mol. The summed E-state index contributed by atoms with van der Waals surface area (Å²) in [6.45, 7) is 1.76. The molecule has 2 rings (SSSR count). The second-order valence-corrected chi connectivity index (χ2v) is 8.40. The molecule has 0 aliphatic heterocycles. The van der Waals surface area contributed by atoms with Gasteiger partial charge in [-0.05, 0) is 48.1 Å². The standard InChI is InChI=1S/C16H21ClO3S/c1-11-9-13(7-8-15(11)21(2,19)20)14(16(17)18)10-12-5-3-4-6-12/h7-9,12,14H,3-6,10H2,1-2H3. The van der Waals surface area contributed by atoms with Crippen LogP contribution < -0.4 is 0 Å². The number of benzene rings is 1. The van der Waals surface area contributed by atoms with Gasteiger partial charge in [0.15, 0.2) is 9.84 Å². The highest BCUT2D eigenvalue weighted by molar-refractivity contribution is 7.90. The number of carbonyl (C=O) groups excluding carboxylic acids is 1. The fourth-order valence-corrected chi connectivity index (χ4v) is 4.42. The Bertz CT molecular complexity index is 631. The second kappa shape index (κ2) is 6.49. The van der Waals surface area contributed by atoms with Crippen LogP contribution in [0.25, 0.3) is 0 Å². The molecule has 0 saturated heterocycles. The molecular weight excluding hydrogens is 308 g/mol. The van der Waals surface area contributed by atoms with Crippen LogP contribution >= 0.6 is 11.6 Å². The lowest BCUT2D eigenvalue weighted by Gasteiger charge is -2.18. The predicted octanol–water partition coefficient (Wildman–Crippen LogP) is 3.83. The van der Waals surface area contributed by atoms with E-state index >= 15 is 0 Å². The number of hydrogen-bond acceptors (Lipinski definition) is 3. The smallest absolute Gasteiger partial charge is 0.229 e. The normalized spacial score (nSPS) is 17.9. The maximum absolute atomic E-state index is 11.8. The highest BCUT2D eigenvalue weighted by Gasteiger charge is 2.26. The maximum Gasteiger partial charge on any atom is 0.229 e. The van der Waals surface area contributed by atoms with Crippen LogP contribution in [-0.2, 0) is 14.6 Å². The summed E-state index contributed by atoms with van der Waals surface area (Å²) in [4.78, 5) is 12.1. The number of hydrogen-bond donors (Lipinski definition) is 0. The molecule has 0 amide bonds. The lowest BCUT2D eigenvalue weighted by Crippen LogP contribution is -2.12. The van der Waals surface area contributed by atoms with Crippen molar-refractivity contribution in [3.05, 3.63) is 29.3 Å². The van der Waals surface area contributed by atoms with Crippen molar-refractivity contribution >= 4 is 26.7 Å². The molecule has 0 aromatic heterocycles. The number of halogens is 1. The molecule has 1 saturated carbocycles. The molecule has 0 bridgehead atoms. The molecule has 1 fully saturated rings. The number of aryl methyl sites for hydroxylation is 1. The Hall–Kier alpha value is -0.870. The van der Waals surface area contributed by atoms with Crippen LogP contribution in [0.5, 0.6) is 0 Å². The van der Waals surface area contributed by atoms with Crippen LogP contribution in [0.15, 0.2) is 23.1 Å². The lowest BCUT2D eigenvalue weighted by molar-refractivity contribution is -0.113. The molecular formula is C16H21ClO3S. The first kappa shape index (κ1) is 16.5. The fourth-order valence-electron chi connectivity index (χ4n) is 3.24. The number of sulfone groups is 1. The van der Waals surface area contributed by atoms with E-state index in [1.165, 1.54) is 19.1 Å². The molecule has 0 N–H and O–H groups in total. The van der Waals surface area contributed by atoms with Gasteiger partial charge in [0.2, 0.25) is 5.24 Å². The van der Waals surface area contributed by atoms with E-state index in [0.29, 0.717) is 16.4 Å². The maximum atomic E-state index is 11.8.